The average Bonchev–Trinajstić information content (AvgIpc) is 2.97. The van der Waals surface area contributed by atoms with Gasteiger partial charge in [-0.3, -0.25) is 14.4 Å². The third kappa shape index (κ3) is 30.8. The fourth-order valence-corrected chi connectivity index (χ4v) is 4.95. The maximum atomic E-state index is 12.6. The van der Waals surface area contributed by atoms with Crippen molar-refractivity contribution in [3.05, 3.63) is 24.3 Å². The van der Waals surface area contributed by atoms with Gasteiger partial charge in [-0.2, -0.15) is 0 Å². The first kappa shape index (κ1) is 39.9. The summed E-state index contributed by atoms with van der Waals surface area (Å²) in [6, 6.07) is 0. The van der Waals surface area contributed by atoms with E-state index in [2.05, 4.69) is 43.5 Å². The predicted octanol–water partition coefficient (Wildman–Crippen LogP) is 10.0. The highest BCUT2D eigenvalue weighted by molar-refractivity contribution is 5.80. The molecule has 0 aromatic rings. The molecule has 1 amide bonds. The minimum absolute atomic E-state index is 0.0923. The first-order chi connectivity index (χ1) is 20.5. The maximum absolute atomic E-state index is 12.6. The molecule has 0 aliphatic heterocycles. The molecular formula is C36H65NO5. The molecule has 0 fully saturated rings. The molecule has 6 heteroatoms. The molecule has 0 saturated heterocycles. The van der Waals surface area contributed by atoms with E-state index in [1.807, 2.05) is 0 Å². The Labute approximate surface area is 258 Å². The standard InChI is InChI=1S/C36H65NO5/c1-3-5-7-9-11-13-14-15-16-17-19-21-27-31-36(41)42-33(28-24-20-18-12-10-8-6-4-2)29-25-22-23-26-30-34(38)37-32-35(39)40/h13-14,24,28,33H,3-12,15-23,25-27,29-32H2,1-2H3,(H,37,38)(H,39,40)/b14-13-,28-24-. The van der Waals surface area contributed by atoms with Gasteiger partial charge in [-0.1, -0.05) is 116 Å². The lowest BCUT2D eigenvalue weighted by atomic mass is 10.1. The molecule has 0 heterocycles. The Kier molecular flexibility index (Phi) is 30.2. The first-order valence-corrected chi connectivity index (χ1v) is 17.5. The molecule has 0 spiro atoms. The number of rotatable bonds is 31. The summed E-state index contributed by atoms with van der Waals surface area (Å²) in [5.74, 6) is -1.34. The second kappa shape index (κ2) is 31.8. The van der Waals surface area contributed by atoms with Crippen LogP contribution in [0, 0.1) is 0 Å². The summed E-state index contributed by atoms with van der Waals surface area (Å²) in [6.45, 7) is 4.16. The highest BCUT2D eigenvalue weighted by atomic mass is 16.5. The van der Waals surface area contributed by atoms with Gasteiger partial charge in [-0.25, -0.2) is 0 Å². The van der Waals surface area contributed by atoms with Crippen molar-refractivity contribution in [1.29, 1.82) is 0 Å². The zero-order chi connectivity index (χ0) is 30.9. The summed E-state index contributed by atoms with van der Waals surface area (Å²) in [6.07, 6.45) is 35.9. The van der Waals surface area contributed by atoms with Crippen LogP contribution in [0.4, 0.5) is 0 Å². The number of carbonyl (C=O) groups excluding carboxylic acids is 2. The number of carboxylic acids is 1. The fraction of sp³-hybridized carbons (Fsp3) is 0.806. The summed E-state index contributed by atoms with van der Waals surface area (Å²) in [4.78, 5) is 34.7. The highest BCUT2D eigenvalue weighted by Crippen LogP contribution is 2.15. The van der Waals surface area contributed by atoms with Crippen LogP contribution < -0.4 is 5.32 Å². The van der Waals surface area contributed by atoms with E-state index in [4.69, 9.17) is 9.84 Å². The zero-order valence-electron chi connectivity index (χ0n) is 27.4. The van der Waals surface area contributed by atoms with Crippen molar-refractivity contribution in [2.45, 2.75) is 180 Å². The van der Waals surface area contributed by atoms with Crippen LogP contribution in [0.2, 0.25) is 0 Å². The van der Waals surface area contributed by atoms with E-state index in [0.29, 0.717) is 12.8 Å². The van der Waals surface area contributed by atoms with Crippen molar-refractivity contribution in [1.82, 2.24) is 5.32 Å². The number of amides is 1. The number of allylic oxidation sites excluding steroid dienone is 3. The lowest BCUT2D eigenvalue weighted by molar-refractivity contribution is -0.147. The number of aliphatic carboxylic acids is 1. The van der Waals surface area contributed by atoms with Crippen molar-refractivity contribution >= 4 is 17.8 Å². The van der Waals surface area contributed by atoms with Crippen LogP contribution >= 0.6 is 0 Å². The summed E-state index contributed by atoms with van der Waals surface area (Å²) in [7, 11) is 0. The Morgan fingerprint density at radius 2 is 1.10 bits per heavy atom. The van der Waals surface area contributed by atoms with Gasteiger partial charge < -0.3 is 15.2 Å². The van der Waals surface area contributed by atoms with Crippen molar-refractivity contribution in [2.75, 3.05) is 6.54 Å². The van der Waals surface area contributed by atoms with Crippen LogP contribution in [-0.4, -0.2) is 35.6 Å². The number of hydrogen-bond acceptors (Lipinski definition) is 4. The first-order valence-electron chi connectivity index (χ1n) is 17.5. The third-order valence-corrected chi connectivity index (χ3v) is 7.58. The number of ether oxygens (including phenoxy) is 1. The second-order valence-electron chi connectivity index (χ2n) is 11.8. The van der Waals surface area contributed by atoms with E-state index in [1.54, 1.807) is 0 Å². The summed E-state index contributed by atoms with van der Waals surface area (Å²) < 4.78 is 5.86. The molecule has 0 bridgehead atoms. The number of hydrogen-bond donors (Lipinski definition) is 2. The molecule has 42 heavy (non-hydrogen) atoms. The minimum Gasteiger partial charge on any atom is -0.480 e. The highest BCUT2D eigenvalue weighted by Gasteiger charge is 2.12. The molecule has 0 aliphatic carbocycles. The Morgan fingerprint density at radius 1 is 0.619 bits per heavy atom. The largest absolute Gasteiger partial charge is 0.480 e. The Bertz CT molecular complexity index is 703. The van der Waals surface area contributed by atoms with Crippen LogP contribution in [0.25, 0.3) is 0 Å². The number of carbonyl (C=O) groups is 3. The minimum atomic E-state index is -1.03. The van der Waals surface area contributed by atoms with Crippen molar-refractivity contribution in [2.24, 2.45) is 0 Å². The second-order valence-corrected chi connectivity index (χ2v) is 11.8. The molecule has 6 nitrogen and oxygen atoms in total. The molecule has 0 radical (unpaired) electrons. The van der Waals surface area contributed by atoms with Gasteiger partial charge in [0.1, 0.15) is 12.6 Å². The van der Waals surface area contributed by atoms with Gasteiger partial charge in [0.15, 0.2) is 0 Å². The quantitative estimate of drug-likeness (QED) is 0.0475. The molecule has 1 unspecified atom stereocenters. The average molecular weight is 592 g/mol. The molecular weight excluding hydrogens is 526 g/mol. The van der Waals surface area contributed by atoms with E-state index in [9.17, 15) is 14.4 Å². The summed E-state index contributed by atoms with van der Waals surface area (Å²) >= 11 is 0. The van der Waals surface area contributed by atoms with Gasteiger partial charge in [-0.15, -0.1) is 0 Å². The molecule has 1 atom stereocenters. The van der Waals surface area contributed by atoms with Crippen molar-refractivity contribution in [3.8, 4) is 0 Å². The molecule has 0 saturated carbocycles. The van der Waals surface area contributed by atoms with Gasteiger partial charge in [0, 0.05) is 12.8 Å². The van der Waals surface area contributed by atoms with Crippen LogP contribution in [0.5, 0.6) is 0 Å². The molecule has 0 aromatic carbocycles. The smallest absolute Gasteiger partial charge is 0.322 e. The number of nitrogens with one attached hydrogen (secondary N) is 1. The third-order valence-electron chi connectivity index (χ3n) is 7.58. The molecule has 0 aliphatic rings. The monoisotopic (exact) mass is 591 g/mol. The molecule has 244 valence electrons. The van der Waals surface area contributed by atoms with E-state index < -0.39 is 5.97 Å². The van der Waals surface area contributed by atoms with E-state index in [0.717, 1.165) is 51.4 Å². The van der Waals surface area contributed by atoms with Gasteiger partial charge in [0.2, 0.25) is 5.91 Å². The number of esters is 1. The zero-order valence-corrected chi connectivity index (χ0v) is 27.4. The van der Waals surface area contributed by atoms with Crippen LogP contribution in [0.3, 0.4) is 0 Å². The van der Waals surface area contributed by atoms with E-state index >= 15 is 0 Å². The summed E-state index contributed by atoms with van der Waals surface area (Å²) in [5, 5.41) is 11.0. The van der Waals surface area contributed by atoms with Crippen molar-refractivity contribution in [3.63, 3.8) is 0 Å². The van der Waals surface area contributed by atoms with Gasteiger partial charge in [0.25, 0.3) is 0 Å². The number of unbranched alkanes of at least 4 members (excludes halogenated alkanes) is 18. The van der Waals surface area contributed by atoms with Gasteiger partial charge in [0.05, 0.1) is 0 Å². The van der Waals surface area contributed by atoms with Crippen LogP contribution in [-0.2, 0) is 19.1 Å². The van der Waals surface area contributed by atoms with Gasteiger partial charge >= 0.3 is 11.9 Å². The summed E-state index contributed by atoms with van der Waals surface area (Å²) in [5.41, 5.74) is 0. The molecule has 0 rings (SSSR count). The Hall–Kier alpha value is -2.11. The van der Waals surface area contributed by atoms with Crippen LogP contribution in [0.1, 0.15) is 174 Å². The van der Waals surface area contributed by atoms with Gasteiger partial charge in [-0.05, 0) is 70.3 Å². The van der Waals surface area contributed by atoms with Crippen molar-refractivity contribution < 1.29 is 24.2 Å². The topological polar surface area (TPSA) is 92.7 Å². The SMILES string of the molecule is CCCCCC/C=C\CCCCCCCC(=O)OC(/C=C\CCCCCCCC)CCCCCCC(=O)NCC(=O)O. The maximum Gasteiger partial charge on any atom is 0.322 e. The lowest BCUT2D eigenvalue weighted by Crippen LogP contribution is -2.28. The van der Waals surface area contributed by atoms with Crippen LogP contribution in [0.15, 0.2) is 24.3 Å². The lowest BCUT2D eigenvalue weighted by Gasteiger charge is -2.15. The Morgan fingerprint density at radius 3 is 1.69 bits per heavy atom. The van der Waals surface area contributed by atoms with E-state index in [-0.39, 0.29) is 24.5 Å². The normalized spacial score (nSPS) is 12.2. The molecule has 2 N–H and O–H groups in total. The fourth-order valence-electron chi connectivity index (χ4n) is 4.95. The predicted molar refractivity (Wildman–Crippen MR) is 176 cm³/mol. The Balaban J connectivity index is 4.19. The van der Waals surface area contributed by atoms with E-state index in [1.165, 1.54) is 96.3 Å². The molecule has 0 aromatic heterocycles. The number of carboxylic acid groups (broad SMARTS) is 1.